The van der Waals surface area contributed by atoms with E-state index in [4.69, 9.17) is 18.9 Å². The molecule has 5 rings (SSSR count). The zero-order valence-corrected chi connectivity index (χ0v) is 25.9. The second kappa shape index (κ2) is 11.6. The first-order valence-electron chi connectivity index (χ1n) is 15.1. The SMILES string of the molecule is CNC(=O)C(C)[C@H]1C(=O)/C(=C(O)/C=C/C(C)=C/[C@@H](C)[C@H]2O[C@@]3(C)O[C@H](C=C[C@@]34CO4)[C@@H]2C)C(=O)N1[C@@H]1CC[C@H](O)[C@H](C)O1. The number of Topliss-reactive ketones (excluding diaryl/α,β-unsaturated/α-hetero) is 1. The summed E-state index contributed by atoms with van der Waals surface area (Å²) in [6.45, 7) is 11.7. The van der Waals surface area contributed by atoms with Gasteiger partial charge in [0.1, 0.15) is 23.6 Å². The van der Waals surface area contributed by atoms with Gasteiger partial charge in [-0.05, 0) is 45.8 Å². The molecule has 5 aliphatic rings. The molecule has 5 aliphatic heterocycles. The highest BCUT2D eigenvalue weighted by atomic mass is 16.8. The van der Waals surface area contributed by atoms with Crippen LogP contribution in [0.25, 0.3) is 0 Å². The lowest BCUT2D eigenvalue weighted by atomic mass is 9.82. The summed E-state index contributed by atoms with van der Waals surface area (Å²) in [7, 11) is 1.46. The third-order valence-corrected chi connectivity index (χ3v) is 9.67. The first-order chi connectivity index (χ1) is 20.2. The number of nitrogens with zero attached hydrogens (tertiary/aromatic N) is 1. The number of fused-ring (bicyclic) bond motifs is 3. The second-order valence-electron chi connectivity index (χ2n) is 12.7. The first-order valence-corrected chi connectivity index (χ1v) is 15.1. The Morgan fingerprint density at radius 3 is 2.51 bits per heavy atom. The van der Waals surface area contributed by atoms with Crippen LogP contribution in [0, 0.1) is 17.8 Å². The number of ketones is 1. The highest BCUT2D eigenvalue weighted by Crippen LogP contribution is 2.52. The molecule has 2 amide bonds. The number of epoxide rings is 1. The molecule has 0 aromatic rings. The Balaban J connectivity index is 1.36. The fourth-order valence-corrected chi connectivity index (χ4v) is 6.82. The van der Waals surface area contributed by atoms with Crippen molar-refractivity contribution in [2.45, 2.75) is 102 Å². The fourth-order valence-electron chi connectivity index (χ4n) is 6.82. The van der Waals surface area contributed by atoms with Crippen molar-refractivity contribution in [3.05, 3.63) is 47.3 Å². The Kier molecular flexibility index (Phi) is 8.51. The normalized spacial score (nSPS) is 42.0. The van der Waals surface area contributed by atoms with Crippen LogP contribution in [0.1, 0.15) is 54.4 Å². The molecule has 4 saturated heterocycles. The summed E-state index contributed by atoms with van der Waals surface area (Å²) in [5.41, 5.74) is -0.127. The van der Waals surface area contributed by atoms with Gasteiger partial charge >= 0.3 is 0 Å². The van der Waals surface area contributed by atoms with Crippen LogP contribution in [-0.4, -0.2) is 94.4 Å². The van der Waals surface area contributed by atoms with Gasteiger partial charge in [-0.25, -0.2) is 0 Å². The second-order valence-corrected chi connectivity index (χ2v) is 12.7. The lowest BCUT2D eigenvalue weighted by molar-refractivity contribution is -0.346. The maximum atomic E-state index is 13.6. The molecule has 11 nitrogen and oxygen atoms in total. The van der Waals surface area contributed by atoms with Crippen molar-refractivity contribution in [1.82, 2.24) is 10.2 Å². The van der Waals surface area contributed by atoms with E-state index in [-0.39, 0.29) is 29.6 Å². The van der Waals surface area contributed by atoms with Gasteiger partial charge in [0.2, 0.25) is 11.7 Å². The van der Waals surface area contributed by atoms with Gasteiger partial charge in [0.25, 0.3) is 5.91 Å². The minimum atomic E-state index is -1.15. The van der Waals surface area contributed by atoms with Crippen molar-refractivity contribution in [3.63, 3.8) is 0 Å². The van der Waals surface area contributed by atoms with E-state index < -0.39 is 65.1 Å². The van der Waals surface area contributed by atoms with Crippen molar-refractivity contribution >= 4 is 17.6 Å². The molecular formula is C32H44N2O9. The minimum Gasteiger partial charge on any atom is -0.507 e. The van der Waals surface area contributed by atoms with Crippen molar-refractivity contribution < 1.29 is 43.5 Å². The molecule has 0 aromatic heterocycles. The summed E-state index contributed by atoms with van der Waals surface area (Å²) < 4.78 is 24.3. The zero-order chi connectivity index (χ0) is 31.4. The quantitative estimate of drug-likeness (QED) is 0.100. The maximum Gasteiger partial charge on any atom is 0.264 e. The fraction of sp³-hybridized carbons (Fsp3) is 0.656. The number of rotatable bonds is 7. The number of ether oxygens (including phenoxy) is 4. The number of allylic oxidation sites excluding steroid dienone is 3. The van der Waals surface area contributed by atoms with Gasteiger partial charge in [-0.3, -0.25) is 14.4 Å². The number of carbonyl (C=O) groups excluding carboxylic acids is 3. The number of aliphatic hydroxyl groups excluding tert-OH is 2. The van der Waals surface area contributed by atoms with Gasteiger partial charge in [-0.1, -0.05) is 44.6 Å². The first kappa shape index (κ1) is 31.6. The van der Waals surface area contributed by atoms with Crippen molar-refractivity contribution in [2.75, 3.05) is 13.7 Å². The van der Waals surface area contributed by atoms with Crippen LogP contribution in [0.2, 0.25) is 0 Å². The zero-order valence-electron chi connectivity index (χ0n) is 25.9. The van der Waals surface area contributed by atoms with Crippen molar-refractivity contribution in [1.29, 1.82) is 0 Å². The number of nitrogens with one attached hydrogen (secondary N) is 1. The monoisotopic (exact) mass is 600 g/mol. The third kappa shape index (κ3) is 5.50. The summed E-state index contributed by atoms with van der Waals surface area (Å²) in [5, 5.41) is 23.7. The van der Waals surface area contributed by atoms with E-state index in [9.17, 15) is 24.6 Å². The predicted octanol–water partition coefficient (Wildman–Crippen LogP) is 2.46. The minimum absolute atomic E-state index is 0.0220. The molecule has 4 fully saturated rings. The molecule has 236 valence electrons. The molecule has 43 heavy (non-hydrogen) atoms. The van der Waals surface area contributed by atoms with Gasteiger partial charge in [0, 0.05) is 18.9 Å². The molecule has 0 aliphatic carbocycles. The Morgan fingerprint density at radius 2 is 1.88 bits per heavy atom. The lowest BCUT2D eigenvalue weighted by Gasteiger charge is -2.51. The molecule has 3 N–H and O–H groups in total. The van der Waals surface area contributed by atoms with Gasteiger partial charge in [-0.2, -0.15) is 0 Å². The molecule has 0 saturated carbocycles. The highest BCUT2D eigenvalue weighted by Gasteiger charge is 2.66. The molecule has 5 heterocycles. The number of hydrogen-bond acceptors (Lipinski definition) is 9. The number of likely N-dealkylation sites (tertiary alicyclic amines) is 1. The Hall–Kier alpha value is -2.83. The van der Waals surface area contributed by atoms with Gasteiger partial charge in [-0.15, -0.1) is 0 Å². The van der Waals surface area contributed by atoms with E-state index in [2.05, 4.69) is 31.3 Å². The van der Waals surface area contributed by atoms with E-state index in [1.165, 1.54) is 18.0 Å². The smallest absolute Gasteiger partial charge is 0.264 e. The van der Waals surface area contributed by atoms with Crippen LogP contribution >= 0.6 is 0 Å². The van der Waals surface area contributed by atoms with Crippen LogP contribution in [0.15, 0.2) is 47.3 Å². The summed E-state index contributed by atoms with van der Waals surface area (Å²) in [5.74, 6) is -3.93. The van der Waals surface area contributed by atoms with Crippen LogP contribution in [0.5, 0.6) is 0 Å². The summed E-state index contributed by atoms with van der Waals surface area (Å²) in [6.07, 6.45) is 7.46. The molecular weight excluding hydrogens is 556 g/mol. The predicted molar refractivity (Wildman–Crippen MR) is 155 cm³/mol. The van der Waals surface area contributed by atoms with Gasteiger partial charge in [0.05, 0.1) is 36.9 Å². The van der Waals surface area contributed by atoms with Gasteiger partial charge < -0.3 is 39.4 Å². The van der Waals surface area contributed by atoms with Crippen LogP contribution in [-0.2, 0) is 33.3 Å². The van der Waals surface area contributed by atoms with E-state index in [1.54, 1.807) is 19.9 Å². The molecule has 11 heteroatoms. The highest BCUT2D eigenvalue weighted by molar-refractivity contribution is 6.27. The molecule has 1 spiro atoms. The standard InChI is InChI=1S/C32H44N2O9/c1-16(14-17(2)28-18(3)23-12-13-32(15-40-32)31(6,42-23)43-28)8-9-22(36)25-27(37)26(19(4)29(38)33-7)34(30(25)39)24-11-10-21(35)20(5)41-24/h8-9,12-14,17-21,23-24,26,28,35-36H,10-11,15H2,1-7H3,(H,33,38)/b9-8+,16-14+,25-22+/t17-,18+,19?,20+,21+,23-,24+,26+,28-,31-,32-/m1/s1. The average Bonchev–Trinajstić information content (AvgIpc) is 3.71. The van der Waals surface area contributed by atoms with E-state index >= 15 is 0 Å². The molecule has 0 aromatic carbocycles. The Labute approximate surface area is 252 Å². The van der Waals surface area contributed by atoms with E-state index in [1.807, 2.05) is 19.9 Å². The summed E-state index contributed by atoms with van der Waals surface area (Å²) in [4.78, 5) is 41.1. The van der Waals surface area contributed by atoms with E-state index in [0.717, 1.165) is 5.57 Å². The van der Waals surface area contributed by atoms with Crippen LogP contribution < -0.4 is 5.32 Å². The van der Waals surface area contributed by atoms with Gasteiger partial charge in [0.15, 0.2) is 11.4 Å². The average molecular weight is 601 g/mol. The Morgan fingerprint density at radius 1 is 1.19 bits per heavy atom. The van der Waals surface area contributed by atoms with Crippen LogP contribution in [0.3, 0.4) is 0 Å². The molecule has 11 atom stereocenters. The lowest BCUT2D eigenvalue weighted by Crippen LogP contribution is -2.61. The molecule has 0 radical (unpaired) electrons. The Bertz CT molecular complexity index is 1280. The van der Waals surface area contributed by atoms with Crippen molar-refractivity contribution in [3.8, 4) is 0 Å². The van der Waals surface area contributed by atoms with Crippen LogP contribution in [0.4, 0.5) is 0 Å². The molecule has 2 bridgehead atoms. The van der Waals surface area contributed by atoms with E-state index in [0.29, 0.717) is 19.4 Å². The summed E-state index contributed by atoms with van der Waals surface area (Å²) in [6, 6.07) is -1.15. The number of aliphatic hydroxyl groups is 2. The van der Waals surface area contributed by atoms with Crippen molar-refractivity contribution in [2.24, 2.45) is 17.8 Å². The number of amides is 2. The number of hydrogen-bond donors (Lipinski definition) is 3. The summed E-state index contributed by atoms with van der Waals surface area (Å²) >= 11 is 0. The topological polar surface area (TPSA) is 147 Å². The number of carbonyl (C=O) groups is 3. The molecule has 1 unspecified atom stereocenters. The maximum absolute atomic E-state index is 13.6. The third-order valence-electron chi connectivity index (χ3n) is 9.67. The largest absolute Gasteiger partial charge is 0.507 e.